The Morgan fingerprint density at radius 1 is 0.893 bits per heavy atom. The number of para-hydroxylation sites is 2. The maximum Gasteiger partial charge on any atom is 0.0719 e. The molecule has 0 unspecified atom stereocenters. The first-order valence-electron chi connectivity index (χ1n) is 9.54. The van der Waals surface area contributed by atoms with Gasteiger partial charge >= 0.3 is 0 Å². The van der Waals surface area contributed by atoms with E-state index >= 15 is 0 Å². The highest BCUT2D eigenvalue weighted by Crippen LogP contribution is 2.43. The number of hydrogen-bond acceptors (Lipinski definition) is 1. The Morgan fingerprint density at radius 3 is 2.36 bits per heavy atom. The molecule has 2 heteroatoms. The van der Waals surface area contributed by atoms with E-state index in [9.17, 15) is 0 Å². The van der Waals surface area contributed by atoms with Crippen LogP contribution in [0.15, 0.2) is 79.4 Å². The van der Waals surface area contributed by atoms with Crippen LogP contribution in [-0.2, 0) is 0 Å². The Kier molecular flexibility index (Phi) is 3.96. The first-order valence-corrected chi connectivity index (χ1v) is 10.4. The fourth-order valence-corrected chi connectivity index (χ4v) is 5.47. The molecule has 0 fully saturated rings. The van der Waals surface area contributed by atoms with Gasteiger partial charge in [0.15, 0.2) is 0 Å². The van der Waals surface area contributed by atoms with Gasteiger partial charge in [-0.15, -0.1) is 11.3 Å². The van der Waals surface area contributed by atoms with E-state index in [1.807, 2.05) is 17.4 Å². The van der Waals surface area contributed by atoms with Gasteiger partial charge in [0.1, 0.15) is 0 Å². The van der Waals surface area contributed by atoms with Crippen LogP contribution < -0.4 is 0 Å². The van der Waals surface area contributed by atoms with Crippen molar-refractivity contribution in [3.8, 4) is 5.69 Å². The van der Waals surface area contributed by atoms with Crippen LogP contribution in [0.5, 0.6) is 0 Å². The minimum Gasteiger partial charge on any atom is -0.308 e. The summed E-state index contributed by atoms with van der Waals surface area (Å²) >= 11 is 1.87. The van der Waals surface area contributed by atoms with Gasteiger partial charge in [-0.2, -0.15) is 0 Å². The van der Waals surface area contributed by atoms with Crippen molar-refractivity contribution in [3.05, 3.63) is 89.8 Å². The zero-order valence-electron chi connectivity index (χ0n) is 16.1. The summed E-state index contributed by atoms with van der Waals surface area (Å²) in [7, 11) is 0. The van der Waals surface area contributed by atoms with Crippen molar-refractivity contribution in [3.63, 3.8) is 0 Å². The number of nitrogens with zero attached hydrogens (tertiary/aromatic N) is 1. The van der Waals surface area contributed by atoms with Gasteiger partial charge in [-0.25, -0.2) is 0 Å². The van der Waals surface area contributed by atoms with Gasteiger partial charge in [0.25, 0.3) is 0 Å². The minimum absolute atomic E-state index is 1.19. The van der Waals surface area contributed by atoms with Crippen LogP contribution in [0.4, 0.5) is 0 Å². The molecule has 5 aromatic rings. The third-order valence-electron chi connectivity index (χ3n) is 5.54. The van der Waals surface area contributed by atoms with E-state index in [1.54, 1.807) is 0 Å². The summed E-state index contributed by atoms with van der Waals surface area (Å²) in [4.78, 5) is 1.31. The average molecular weight is 380 g/mol. The number of aromatic nitrogens is 1. The van der Waals surface area contributed by atoms with Gasteiger partial charge in [-0.05, 0) is 37.6 Å². The molecule has 5 rings (SSSR count). The van der Waals surface area contributed by atoms with Gasteiger partial charge in [-0.3, -0.25) is 0 Å². The molecule has 0 aliphatic carbocycles. The fourth-order valence-electron chi connectivity index (χ4n) is 4.09. The van der Waals surface area contributed by atoms with Gasteiger partial charge in [0, 0.05) is 32.3 Å². The number of benzene rings is 3. The van der Waals surface area contributed by atoms with Crippen LogP contribution in [0, 0.1) is 0 Å². The SMILES string of the molecule is C=Cc1c(/C(C)=C\C)sc2c1ccc1c3ccccc3n(-c3ccccc3)c12. The fraction of sp³-hybridized carbons (Fsp3) is 0.0769. The smallest absolute Gasteiger partial charge is 0.0719 e. The van der Waals surface area contributed by atoms with Crippen LogP contribution >= 0.6 is 11.3 Å². The molecular formula is C26H21NS. The highest BCUT2D eigenvalue weighted by atomic mass is 32.1. The van der Waals surface area contributed by atoms with Crippen LogP contribution in [-0.4, -0.2) is 4.57 Å². The highest BCUT2D eigenvalue weighted by Gasteiger charge is 2.19. The second-order valence-electron chi connectivity index (χ2n) is 7.05. The Bertz CT molecular complexity index is 1380. The summed E-state index contributed by atoms with van der Waals surface area (Å²) < 4.78 is 3.73. The van der Waals surface area contributed by atoms with Crippen LogP contribution in [0.25, 0.3) is 49.2 Å². The molecule has 0 radical (unpaired) electrons. The molecule has 3 aromatic carbocycles. The highest BCUT2D eigenvalue weighted by molar-refractivity contribution is 7.21. The maximum absolute atomic E-state index is 4.11. The number of allylic oxidation sites excluding steroid dienone is 2. The molecule has 2 heterocycles. The zero-order chi connectivity index (χ0) is 19.3. The lowest BCUT2D eigenvalue weighted by atomic mass is 10.0. The molecule has 0 spiro atoms. The second kappa shape index (κ2) is 6.50. The van der Waals surface area contributed by atoms with Crippen molar-refractivity contribution >= 4 is 54.9 Å². The lowest BCUT2D eigenvalue weighted by molar-refractivity contribution is 1.19. The Balaban J connectivity index is 2.04. The summed E-state index contributed by atoms with van der Waals surface area (Å²) in [5.74, 6) is 0. The Morgan fingerprint density at radius 2 is 1.61 bits per heavy atom. The summed E-state index contributed by atoms with van der Waals surface area (Å²) in [6.45, 7) is 8.39. The monoisotopic (exact) mass is 379 g/mol. The first kappa shape index (κ1) is 17.0. The van der Waals surface area contributed by atoms with Crippen LogP contribution in [0.1, 0.15) is 24.3 Å². The number of rotatable bonds is 3. The van der Waals surface area contributed by atoms with Gasteiger partial charge < -0.3 is 4.57 Å². The molecule has 2 aromatic heterocycles. The topological polar surface area (TPSA) is 4.93 Å². The van der Waals surface area contributed by atoms with Crippen molar-refractivity contribution in [1.82, 2.24) is 4.57 Å². The van der Waals surface area contributed by atoms with E-state index in [0.29, 0.717) is 0 Å². The molecule has 0 saturated heterocycles. The van der Waals surface area contributed by atoms with Gasteiger partial charge in [0.2, 0.25) is 0 Å². The van der Waals surface area contributed by atoms with Crippen molar-refractivity contribution in [2.24, 2.45) is 0 Å². The Hall–Kier alpha value is -3.10. The zero-order valence-corrected chi connectivity index (χ0v) is 16.9. The van der Waals surface area contributed by atoms with Gasteiger partial charge in [-0.1, -0.05) is 67.3 Å². The standard InChI is InChI=1S/C26H21NS/c1-4-17(3)25-19(5-2)22-16-15-21-20-13-9-10-14-23(20)27(24(21)26(22)28-25)18-11-7-6-8-12-18/h4-16H,2H2,1,3H3/b17-4-. The van der Waals surface area contributed by atoms with Crippen molar-refractivity contribution in [2.45, 2.75) is 13.8 Å². The van der Waals surface area contributed by atoms with Crippen LogP contribution in [0.3, 0.4) is 0 Å². The molecule has 0 amide bonds. The molecule has 0 N–H and O–H groups in total. The maximum atomic E-state index is 4.11. The molecule has 1 nitrogen and oxygen atoms in total. The molecule has 0 aliphatic heterocycles. The third-order valence-corrected chi connectivity index (χ3v) is 6.90. The summed E-state index contributed by atoms with van der Waals surface area (Å²) in [5.41, 5.74) is 6.26. The van der Waals surface area contributed by atoms with Crippen molar-refractivity contribution in [2.75, 3.05) is 0 Å². The molecule has 136 valence electrons. The molecule has 0 bridgehead atoms. The number of fused-ring (bicyclic) bond motifs is 5. The van der Waals surface area contributed by atoms with E-state index in [0.717, 1.165) is 0 Å². The lowest BCUT2D eigenvalue weighted by Crippen LogP contribution is -1.93. The van der Waals surface area contributed by atoms with Crippen molar-refractivity contribution in [1.29, 1.82) is 0 Å². The van der Waals surface area contributed by atoms with E-state index in [1.165, 1.54) is 53.6 Å². The Labute approximate surface area is 168 Å². The lowest BCUT2D eigenvalue weighted by Gasteiger charge is -2.08. The second-order valence-corrected chi connectivity index (χ2v) is 8.07. The normalized spacial score (nSPS) is 12.3. The van der Waals surface area contributed by atoms with Crippen LogP contribution in [0.2, 0.25) is 0 Å². The first-order chi connectivity index (χ1) is 13.7. The molecule has 28 heavy (non-hydrogen) atoms. The molecular weight excluding hydrogens is 358 g/mol. The largest absolute Gasteiger partial charge is 0.308 e. The van der Waals surface area contributed by atoms with Crippen molar-refractivity contribution < 1.29 is 0 Å². The third kappa shape index (κ3) is 2.31. The molecule has 0 aliphatic rings. The summed E-state index contributed by atoms with van der Waals surface area (Å²) in [6.07, 6.45) is 4.18. The molecule has 0 saturated carbocycles. The van der Waals surface area contributed by atoms with Gasteiger partial charge in [0.05, 0.1) is 15.7 Å². The van der Waals surface area contributed by atoms with E-state index in [-0.39, 0.29) is 0 Å². The van der Waals surface area contributed by atoms with E-state index in [4.69, 9.17) is 0 Å². The molecule has 0 atom stereocenters. The number of thiophene rings is 1. The predicted octanol–water partition coefficient (Wildman–Crippen LogP) is 8.06. The average Bonchev–Trinajstić information content (AvgIpc) is 3.29. The van der Waals surface area contributed by atoms with E-state index in [2.05, 4.69) is 97.8 Å². The summed E-state index contributed by atoms with van der Waals surface area (Å²) in [6, 6.07) is 23.9. The number of hydrogen-bond donors (Lipinski definition) is 0. The van der Waals surface area contributed by atoms with E-state index < -0.39 is 0 Å². The predicted molar refractivity (Wildman–Crippen MR) is 126 cm³/mol. The summed E-state index contributed by atoms with van der Waals surface area (Å²) in [5, 5.41) is 3.87. The minimum atomic E-state index is 1.19. The quantitative estimate of drug-likeness (QED) is 0.299.